The van der Waals surface area contributed by atoms with Gasteiger partial charge >= 0.3 is 0 Å². The zero-order valence-electron chi connectivity index (χ0n) is 6.73. The van der Waals surface area contributed by atoms with E-state index in [4.69, 9.17) is 11.1 Å². The van der Waals surface area contributed by atoms with E-state index < -0.39 is 0 Å². The molecule has 0 aromatic rings. The van der Waals surface area contributed by atoms with Crippen LogP contribution in [0.1, 0.15) is 20.8 Å². The van der Waals surface area contributed by atoms with Crippen molar-refractivity contribution >= 4 is 6.21 Å². The van der Waals surface area contributed by atoms with Crippen LogP contribution in [-0.4, -0.2) is 6.21 Å². The molecule has 0 amide bonds. The largest absolute Gasteiger partial charge is 0.401 e. The normalized spacial score (nSPS) is 29.7. The molecular formula is C8H14N2. The number of nitrogens with two attached hydrogens (primary N) is 1. The van der Waals surface area contributed by atoms with Gasteiger partial charge in [0.1, 0.15) is 0 Å². The van der Waals surface area contributed by atoms with Crippen LogP contribution in [0, 0.1) is 16.7 Å². The van der Waals surface area contributed by atoms with Crippen LogP contribution in [0.15, 0.2) is 11.3 Å². The minimum absolute atomic E-state index is 0.118. The fraction of sp³-hybridized carbons (Fsp3) is 0.625. The molecule has 2 nitrogen and oxygen atoms in total. The van der Waals surface area contributed by atoms with Crippen LogP contribution in [0.25, 0.3) is 0 Å². The van der Waals surface area contributed by atoms with Crippen molar-refractivity contribution < 1.29 is 0 Å². The molecule has 0 aromatic carbocycles. The summed E-state index contributed by atoms with van der Waals surface area (Å²) < 4.78 is 0. The van der Waals surface area contributed by atoms with Gasteiger partial charge in [-0.25, -0.2) is 0 Å². The Bertz CT molecular complexity index is 201. The maximum absolute atomic E-state index is 7.03. The lowest BCUT2D eigenvalue weighted by atomic mass is 9.63. The molecule has 56 valence electrons. The van der Waals surface area contributed by atoms with Crippen molar-refractivity contribution in [2.75, 3.05) is 0 Å². The van der Waals surface area contributed by atoms with Gasteiger partial charge in [0.2, 0.25) is 0 Å². The van der Waals surface area contributed by atoms with Gasteiger partial charge in [0.25, 0.3) is 0 Å². The number of hydrogen-bond acceptors (Lipinski definition) is 2. The van der Waals surface area contributed by atoms with Crippen LogP contribution in [0.3, 0.4) is 0 Å². The summed E-state index contributed by atoms with van der Waals surface area (Å²) in [6.07, 6.45) is 1.37. The molecule has 0 fully saturated rings. The third kappa shape index (κ3) is 0.618. The lowest BCUT2D eigenvalue weighted by Gasteiger charge is -2.43. The highest BCUT2D eigenvalue weighted by Gasteiger charge is 2.41. The summed E-state index contributed by atoms with van der Waals surface area (Å²) in [6, 6.07) is 0. The molecule has 0 saturated carbocycles. The first-order valence-electron chi connectivity index (χ1n) is 3.52. The van der Waals surface area contributed by atoms with Gasteiger partial charge in [-0.1, -0.05) is 20.8 Å². The van der Waals surface area contributed by atoms with E-state index in [-0.39, 0.29) is 5.41 Å². The minimum atomic E-state index is 0.118. The minimum Gasteiger partial charge on any atom is -0.401 e. The van der Waals surface area contributed by atoms with Crippen LogP contribution in [-0.2, 0) is 0 Å². The summed E-state index contributed by atoms with van der Waals surface area (Å²) in [4.78, 5) is 0. The molecule has 3 N–H and O–H groups in total. The standard InChI is InChI=1S/C8H14N2/c1-5-6(4-9)7(10)8(5,2)3/h4-5,9H,10H2,1-3H3. The van der Waals surface area contributed by atoms with E-state index in [1.165, 1.54) is 6.21 Å². The van der Waals surface area contributed by atoms with Gasteiger partial charge in [0, 0.05) is 17.3 Å². The first-order valence-corrected chi connectivity index (χ1v) is 3.52. The van der Waals surface area contributed by atoms with Gasteiger partial charge in [-0.05, 0) is 11.5 Å². The summed E-state index contributed by atoms with van der Waals surface area (Å²) in [5, 5.41) is 7.03. The monoisotopic (exact) mass is 138 g/mol. The molecule has 0 saturated heterocycles. The van der Waals surface area contributed by atoms with Crippen molar-refractivity contribution in [3.05, 3.63) is 11.3 Å². The van der Waals surface area contributed by atoms with E-state index in [1.807, 2.05) is 0 Å². The molecule has 0 bridgehead atoms. The fourth-order valence-corrected chi connectivity index (χ4v) is 1.35. The third-order valence-corrected chi connectivity index (χ3v) is 2.71. The summed E-state index contributed by atoms with van der Waals surface area (Å²) in [5.74, 6) is 0.449. The van der Waals surface area contributed by atoms with Crippen LogP contribution < -0.4 is 5.73 Å². The molecule has 1 aliphatic rings. The smallest absolute Gasteiger partial charge is 0.0230 e. The van der Waals surface area contributed by atoms with Gasteiger partial charge in [0.15, 0.2) is 0 Å². The number of allylic oxidation sites excluding steroid dienone is 2. The van der Waals surface area contributed by atoms with E-state index in [0.717, 1.165) is 11.3 Å². The lowest BCUT2D eigenvalue weighted by molar-refractivity contribution is 0.273. The van der Waals surface area contributed by atoms with Crippen molar-refractivity contribution in [2.24, 2.45) is 17.1 Å². The van der Waals surface area contributed by atoms with Gasteiger partial charge < -0.3 is 11.1 Å². The lowest BCUT2D eigenvalue weighted by Crippen LogP contribution is -2.41. The topological polar surface area (TPSA) is 49.9 Å². The molecular weight excluding hydrogens is 124 g/mol. The van der Waals surface area contributed by atoms with Gasteiger partial charge in [-0.15, -0.1) is 0 Å². The summed E-state index contributed by atoms with van der Waals surface area (Å²) >= 11 is 0. The zero-order valence-corrected chi connectivity index (χ0v) is 6.73. The molecule has 0 spiro atoms. The van der Waals surface area contributed by atoms with Gasteiger partial charge in [0.05, 0.1) is 0 Å². The maximum atomic E-state index is 7.03. The summed E-state index contributed by atoms with van der Waals surface area (Å²) in [7, 11) is 0. The van der Waals surface area contributed by atoms with E-state index in [2.05, 4.69) is 20.8 Å². The van der Waals surface area contributed by atoms with Crippen molar-refractivity contribution in [2.45, 2.75) is 20.8 Å². The molecule has 0 aliphatic heterocycles. The van der Waals surface area contributed by atoms with Gasteiger partial charge in [-0.2, -0.15) is 0 Å². The Labute approximate surface area is 61.6 Å². The van der Waals surface area contributed by atoms with Crippen molar-refractivity contribution in [3.63, 3.8) is 0 Å². The molecule has 1 aliphatic carbocycles. The maximum Gasteiger partial charge on any atom is 0.0230 e. The number of nitrogens with one attached hydrogen (secondary N) is 1. The quantitative estimate of drug-likeness (QED) is 0.530. The fourth-order valence-electron chi connectivity index (χ4n) is 1.35. The predicted molar refractivity (Wildman–Crippen MR) is 42.9 cm³/mol. The van der Waals surface area contributed by atoms with E-state index in [9.17, 15) is 0 Å². The SMILES string of the molecule is CC1C(C=N)=C(N)C1(C)C. The predicted octanol–water partition coefficient (Wildman–Crippen LogP) is 1.52. The molecule has 1 unspecified atom stereocenters. The summed E-state index contributed by atoms with van der Waals surface area (Å²) in [5.41, 5.74) is 7.74. The Morgan fingerprint density at radius 1 is 1.60 bits per heavy atom. The van der Waals surface area contributed by atoms with Crippen LogP contribution in [0.4, 0.5) is 0 Å². The number of rotatable bonds is 1. The molecule has 0 aromatic heterocycles. The molecule has 1 rings (SSSR count). The second-order valence-electron chi connectivity index (χ2n) is 3.46. The van der Waals surface area contributed by atoms with Gasteiger partial charge in [-0.3, -0.25) is 0 Å². The molecule has 2 heteroatoms. The second kappa shape index (κ2) is 1.84. The Morgan fingerprint density at radius 2 is 2.10 bits per heavy atom. The zero-order chi connectivity index (χ0) is 7.94. The Kier molecular flexibility index (Phi) is 1.35. The second-order valence-corrected chi connectivity index (χ2v) is 3.46. The first kappa shape index (κ1) is 7.32. The van der Waals surface area contributed by atoms with E-state index >= 15 is 0 Å². The highest BCUT2D eigenvalue weighted by Crippen LogP contribution is 2.46. The molecule has 0 radical (unpaired) electrons. The average molecular weight is 138 g/mol. The Hall–Kier alpha value is -0.790. The first-order chi connectivity index (χ1) is 4.51. The van der Waals surface area contributed by atoms with Crippen LogP contribution >= 0.6 is 0 Å². The molecule has 0 heterocycles. The third-order valence-electron chi connectivity index (χ3n) is 2.71. The Morgan fingerprint density at radius 3 is 2.30 bits per heavy atom. The summed E-state index contributed by atoms with van der Waals surface area (Å²) in [6.45, 7) is 6.33. The van der Waals surface area contributed by atoms with E-state index in [0.29, 0.717) is 5.92 Å². The van der Waals surface area contributed by atoms with Crippen molar-refractivity contribution in [1.29, 1.82) is 5.41 Å². The number of hydrogen-bond donors (Lipinski definition) is 2. The van der Waals surface area contributed by atoms with E-state index in [1.54, 1.807) is 0 Å². The molecule has 1 atom stereocenters. The molecule has 10 heavy (non-hydrogen) atoms. The van der Waals surface area contributed by atoms with Crippen LogP contribution in [0.5, 0.6) is 0 Å². The highest BCUT2D eigenvalue weighted by molar-refractivity contribution is 5.81. The van der Waals surface area contributed by atoms with Crippen molar-refractivity contribution in [3.8, 4) is 0 Å². The average Bonchev–Trinajstić information content (AvgIpc) is 1.89. The Balaban J connectivity index is 2.98. The van der Waals surface area contributed by atoms with Crippen LogP contribution in [0.2, 0.25) is 0 Å². The van der Waals surface area contributed by atoms with Crippen molar-refractivity contribution in [1.82, 2.24) is 0 Å². The highest BCUT2D eigenvalue weighted by atomic mass is 14.7.